The highest BCUT2D eigenvalue weighted by atomic mass is 16.5. The molecule has 2 heterocycles. The Bertz CT molecular complexity index is 1240. The van der Waals surface area contributed by atoms with Crippen molar-refractivity contribution in [2.45, 2.75) is 39.2 Å². The van der Waals surface area contributed by atoms with Crippen molar-refractivity contribution >= 4 is 22.9 Å². The van der Waals surface area contributed by atoms with E-state index in [1.165, 1.54) is 5.56 Å². The van der Waals surface area contributed by atoms with Crippen LogP contribution in [0.3, 0.4) is 0 Å². The first-order valence-electron chi connectivity index (χ1n) is 12.8. The third kappa shape index (κ3) is 6.05. The van der Waals surface area contributed by atoms with Crippen LogP contribution >= 0.6 is 0 Å². The van der Waals surface area contributed by atoms with Crippen molar-refractivity contribution in [1.82, 2.24) is 9.47 Å². The Morgan fingerprint density at radius 3 is 2.53 bits per heavy atom. The molecule has 1 fully saturated rings. The van der Waals surface area contributed by atoms with Crippen molar-refractivity contribution in [3.05, 3.63) is 82.7 Å². The van der Waals surface area contributed by atoms with Gasteiger partial charge in [0.2, 0.25) is 0 Å². The second-order valence-corrected chi connectivity index (χ2v) is 9.47. The van der Waals surface area contributed by atoms with Crippen LogP contribution in [-0.2, 0) is 16.1 Å². The summed E-state index contributed by atoms with van der Waals surface area (Å²) in [5, 5.41) is 0.993. The predicted octanol–water partition coefficient (Wildman–Crippen LogP) is 5.15. The molecule has 1 saturated heterocycles. The molecular formula is C30H36N2O4. The first-order chi connectivity index (χ1) is 17.5. The minimum Gasteiger partial charge on any atom is -0.497 e. The summed E-state index contributed by atoms with van der Waals surface area (Å²) in [7, 11) is 1.62. The number of fused-ring (bicyclic) bond motifs is 1. The highest BCUT2D eigenvalue weighted by Gasteiger charge is 2.42. The van der Waals surface area contributed by atoms with Crippen molar-refractivity contribution in [3.63, 3.8) is 0 Å². The maximum Gasteiger partial charge on any atom is 0.312 e. The van der Waals surface area contributed by atoms with E-state index in [2.05, 4.69) is 29.2 Å². The zero-order valence-electron chi connectivity index (χ0n) is 21.3. The van der Waals surface area contributed by atoms with Gasteiger partial charge in [-0.2, -0.15) is 0 Å². The maximum atomic E-state index is 13.1. The molecule has 0 amide bonds. The van der Waals surface area contributed by atoms with Gasteiger partial charge in [0.1, 0.15) is 5.75 Å². The number of aromatic nitrogens is 1. The number of hydrogen-bond donors (Lipinski definition) is 0. The van der Waals surface area contributed by atoms with Crippen molar-refractivity contribution in [2.75, 3.05) is 33.4 Å². The molecule has 6 heteroatoms. The summed E-state index contributed by atoms with van der Waals surface area (Å²) in [6, 6.07) is 19.5. The predicted molar refractivity (Wildman–Crippen MR) is 144 cm³/mol. The standard InChI is InChI=1S/C30H36N2O4/c1-3-36-29(34)30(17-21-31(22-18-30)19-7-11-24-9-5-4-6-10-24)16-8-20-32-27-23-26(35-2)14-12-25(27)13-15-28(32)33/h4-7,9-15,23H,3,8,16-22H2,1-2H3. The lowest BCUT2D eigenvalue weighted by Crippen LogP contribution is -2.45. The first kappa shape index (κ1) is 25.7. The van der Waals surface area contributed by atoms with Gasteiger partial charge < -0.3 is 14.0 Å². The SMILES string of the molecule is CCOC(=O)C1(CCCn2c(=O)ccc3ccc(OC)cc32)CCN(CC=Cc2ccccc2)CC1. The fraction of sp³-hybridized carbons (Fsp3) is 0.400. The van der Waals surface area contributed by atoms with E-state index in [1.54, 1.807) is 17.7 Å². The van der Waals surface area contributed by atoms with Crippen LogP contribution in [0.4, 0.5) is 0 Å². The van der Waals surface area contributed by atoms with E-state index < -0.39 is 5.41 Å². The topological polar surface area (TPSA) is 60.8 Å². The summed E-state index contributed by atoms with van der Waals surface area (Å²) in [5.41, 5.74) is 1.51. The van der Waals surface area contributed by atoms with E-state index in [9.17, 15) is 9.59 Å². The van der Waals surface area contributed by atoms with Gasteiger partial charge >= 0.3 is 5.97 Å². The van der Waals surface area contributed by atoms with E-state index in [4.69, 9.17) is 9.47 Å². The quantitative estimate of drug-likeness (QED) is 0.370. The van der Waals surface area contributed by atoms with Crippen molar-refractivity contribution in [3.8, 4) is 5.75 Å². The number of pyridine rings is 1. The van der Waals surface area contributed by atoms with Crippen molar-refractivity contribution in [1.29, 1.82) is 0 Å². The van der Waals surface area contributed by atoms with E-state index in [-0.39, 0.29) is 11.5 Å². The van der Waals surface area contributed by atoms with Gasteiger partial charge in [0.25, 0.3) is 5.56 Å². The number of rotatable bonds is 10. The van der Waals surface area contributed by atoms with E-state index in [1.807, 2.05) is 49.4 Å². The molecule has 0 atom stereocenters. The van der Waals surface area contributed by atoms with Crippen LogP contribution in [0.2, 0.25) is 0 Å². The number of likely N-dealkylation sites (tertiary alicyclic amines) is 1. The van der Waals surface area contributed by atoms with Gasteiger partial charge in [-0.1, -0.05) is 42.5 Å². The molecule has 4 rings (SSSR count). The lowest BCUT2D eigenvalue weighted by molar-refractivity contribution is -0.159. The van der Waals surface area contributed by atoms with Gasteiger partial charge in [0.15, 0.2) is 0 Å². The van der Waals surface area contributed by atoms with Crippen LogP contribution in [0.25, 0.3) is 17.0 Å². The molecule has 0 bridgehead atoms. The van der Waals surface area contributed by atoms with Gasteiger partial charge in [-0.05, 0) is 74.8 Å². The van der Waals surface area contributed by atoms with Crippen molar-refractivity contribution in [2.24, 2.45) is 5.41 Å². The van der Waals surface area contributed by atoms with Crippen LogP contribution in [0, 0.1) is 5.41 Å². The molecule has 2 aromatic carbocycles. The molecule has 1 aliphatic heterocycles. The minimum atomic E-state index is -0.498. The largest absolute Gasteiger partial charge is 0.497 e. The third-order valence-electron chi connectivity index (χ3n) is 7.23. The highest BCUT2D eigenvalue weighted by Crippen LogP contribution is 2.38. The van der Waals surface area contributed by atoms with E-state index in [0.29, 0.717) is 19.6 Å². The molecule has 1 aromatic heterocycles. The summed E-state index contributed by atoms with van der Waals surface area (Å²) < 4.78 is 12.7. The normalized spacial score (nSPS) is 15.8. The Kier molecular flexibility index (Phi) is 8.60. The molecule has 0 saturated carbocycles. The Labute approximate surface area is 213 Å². The number of hydrogen-bond acceptors (Lipinski definition) is 5. The number of carbonyl (C=O) groups excluding carboxylic acids is 1. The zero-order chi connectivity index (χ0) is 25.4. The molecule has 1 aliphatic rings. The van der Waals surface area contributed by atoms with Gasteiger partial charge in [0.05, 0.1) is 24.6 Å². The summed E-state index contributed by atoms with van der Waals surface area (Å²) >= 11 is 0. The number of piperidine rings is 1. The molecule has 0 unspecified atom stereocenters. The van der Waals surface area contributed by atoms with Crippen molar-refractivity contribution < 1.29 is 14.3 Å². The number of esters is 1. The van der Waals surface area contributed by atoms with Crippen LogP contribution in [0.15, 0.2) is 71.5 Å². The number of benzene rings is 2. The lowest BCUT2D eigenvalue weighted by Gasteiger charge is -2.39. The van der Waals surface area contributed by atoms with Crippen LogP contribution in [-0.4, -0.2) is 48.8 Å². The van der Waals surface area contributed by atoms with Gasteiger partial charge in [-0.15, -0.1) is 0 Å². The van der Waals surface area contributed by atoms with E-state index in [0.717, 1.165) is 55.5 Å². The Hall–Kier alpha value is -3.38. The minimum absolute atomic E-state index is 0.0408. The zero-order valence-corrected chi connectivity index (χ0v) is 21.3. The Morgan fingerprint density at radius 1 is 1.06 bits per heavy atom. The maximum absolute atomic E-state index is 13.1. The number of aryl methyl sites for hydroxylation is 1. The number of nitrogens with zero attached hydrogens (tertiary/aromatic N) is 2. The van der Waals surface area contributed by atoms with Gasteiger partial charge in [0, 0.05) is 25.2 Å². The van der Waals surface area contributed by atoms with Gasteiger partial charge in [-0.25, -0.2) is 0 Å². The second-order valence-electron chi connectivity index (χ2n) is 9.47. The molecule has 3 aromatic rings. The fourth-order valence-electron chi connectivity index (χ4n) is 5.11. The first-order valence-corrected chi connectivity index (χ1v) is 12.8. The smallest absolute Gasteiger partial charge is 0.312 e. The molecule has 190 valence electrons. The number of methoxy groups -OCH3 is 1. The summed E-state index contributed by atoms with van der Waals surface area (Å²) in [4.78, 5) is 28.2. The average molecular weight is 489 g/mol. The van der Waals surface area contributed by atoms with E-state index >= 15 is 0 Å². The van der Waals surface area contributed by atoms with Crippen LogP contribution in [0.5, 0.6) is 5.75 Å². The summed E-state index contributed by atoms with van der Waals surface area (Å²) in [6.45, 7) is 5.35. The fourth-order valence-corrected chi connectivity index (χ4v) is 5.11. The summed E-state index contributed by atoms with van der Waals surface area (Å²) in [5.74, 6) is 0.620. The third-order valence-corrected chi connectivity index (χ3v) is 7.23. The van der Waals surface area contributed by atoms with Crippen LogP contribution in [0.1, 0.15) is 38.2 Å². The second kappa shape index (κ2) is 12.0. The monoisotopic (exact) mass is 488 g/mol. The Balaban J connectivity index is 1.41. The summed E-state index contributed by atoms with van der Waals surface area (Å²) in [6.07, 6.45) is 7.29. The number of ether oxygens (including phenoxy) is 2. The molecule has 36 heavy (non-hydrogen) atoms. The molecular weight excluding hydrogens is 452 g/mol. The molecule has 0 N–H and O–H groups in total. The molecule has 0 spiro atoms. The van der Waals surface area contributed by atoms with Gasteiger partial charge in [-0.3, -0.25) is 14.5 Å². The lowest BCUT2D eigenvalue weighted by atomic mass is 9.74. The molecule has 0 aliphatic carbocycles. The molecule has 0 radical (unpaired) electrons. The number of carbonyl (C=O) groups is 1. The Morgan fingerprint density at radius 2 is 1.81 bits per heavy atom. The molecule has 6 nitrogen and oxygen atoms in total. The highest BCUT2D eigenvalue weighted by molar-refractivity contribution is 5.80. The average Bonchev–Trinajstić information content (AvgIpc) is 2.91. The van der Waals surface area contributed by atoms with Crippen LogP contribution < -0.4 is 10.3 Å².